The summed E-state index contributed by atoms with van der Waals surface area (Å²) < 4.78 is 42.2. The number of ether oxygens (including phenoxy) is 1. The first-order chi connectivity index (χ1) is 16.0. The van der Waals surface area contributed by atoms with Crippen LogP contribution >= 0.6 is 0 Å². The minimum absolute atomic E-state index is 0.189. The van der Waals surface area contributed by atoms with E-state index in [2.05, 4.69) is 16.0 Å². The molecule has 5 N–H and O–H groups in total. The second-order valence-corrected chi connectivity index (χ2v) is 7.72. The molecule has 0 radical (unpaired) electrons. The summed E-state index contributed by atoms with van der Waals surface area (Å²) in [6.07, 6.45) is -1.61. The number of nitriles is 1. The number of nitrogens with zero attached hydrogens (tertiary/aromatic N) is 5. The summed E-state index contributed by atoms with van der Waals surface area (Å²) in [6, 6.07) is 8.98. The molecule has 0 bridgehead atoms. The van der Waals surface area contributed by atoms with E-state index in [4.69, 9.17) is 39.2 Å². The largest absolute Gasteiger partial charge is 0.394 e. The van der Waals surface area contributed by atoms with Gasteiger partial charge >= 0.3 is 0 Å². The van der Waals surface area contributed by atoms with Gasteiger partial charge in [-0.15, -0.1) is 10.2 Å². The number of aliphatic hydroxyl groups excluding tert-OH is 3. The zero-order valence-electron chi connectivity index (χ0n) is 17.2. The molecule has 0 unspecified atom stereocenters. The second-order valence-electron chi connectivity index (χ2n) is 6.97. The number of nitrogens with two attached hydrogens (primary N) is 1. The molecule has 1 aromatic carbocycles. The lowest BCUT2D eigenvalue weighted by Crippen LogP contribution is -2.68. The number of hydrogen-bond donors (Lipinski definition) is 4. The highest BCUT2D eigenvalue weighted by Gasteiger charge is 2.44. The van der Waals surface area contributed by atoms with Crippen molar-refractivity contribution in [1.82, 2.24) is 14.5 Å². The minimum Gasteiger partial charge on any atom is -0.394 e. The summed E-state index contributed by atoms with van der Waals surface area (Å²) in [4.78, 5) is 14.1. The van der Waals surface area contributed by atoms with Crippen molar-refractivity contribution in [2.75, 3.05) is 12.3 Å². The van der Waals surface area contributed by atoms with Crippen LogP contribution in [0.2, 0.25) is 0 Å². The average Bonchev–Trinajstić information content (AvgIpc) is 3.34. The third-order valence-corrected chi connectivity index (χ3v) is 4.78. The molecule has 15 nitrogen and oxygen atoms in total. The summed E-state index contributed by atoms with van der Waals surface area (Å²) >= 11 is 0. The van der Waals surface area contributed by atoms with Crippen molar-refractivity contribution >= 4 is 17.0 Å². The third kappa shape index (κ3) is 5.84. The van der Waals surface area contributed by atoms with Crippen LogP contribution < -0.4 is 33.9 Å². The number of nitrogen functional groups attached to an aromatic ring is 1. The van der Waals surface area contributed by atoms with Crippen molar-refractivity contribution < 1.29 is 58.5 Å². The first kappa shape index (κ1) is 25.5. The molecule has 0 amide bonds. The maximum Gasteiger partial charge on any atom is 0.289 e. The normalized spacial score (nSPS) is 22.2. The number of hydrogen-bond acceptors (Lipinski definition) is 13. The maximum absolute atomic E-state index is 10.2. The molecule has 3 heterocycles. The monoisotopic (exact) mass is 498 g/mol. The summed E-state index contributed by atoms with van der Waals surface area (Å²) in [5.74, 6) is 0.189. The van der Waals surface area contributed by atoms with Gasteiger partial charge in [-0.25, -0.2) is 23.6 Å². The van der Waals surface area contributed by atoms with Gasteiger partial charge in [-0.05, 0) is 17.7 Å². The highest BCUT2D eigenvalue weighted by atomic mass is 35.7. The van der Waals surface area contributed by atoms with Crippen molar-refractivity contribution in [3.05, 3.63) is 48.0 Å². The quantitative estimate of drug-likeness (QED) is 0.239. The second kappa shape index (κ2) is 10.4. The number of halogens is 1. The molecule has 1 aliphatic heterocycles. The first-order valence-corrected chi connectivity index (χ1v) is 10.7. The Morgan fingerprint density at radius 2 is 1.82 bits per heavy atom. The SMILES string of the molecule is N#Cc1ccc(CO[n+]2cnc3c(ncn3[C@@H]3O[C@H](CO)[C@@H](O)[C@H]3O)c2N)cc1.[O-][Cl+3]([O-])([O-])[O-]. The van der Waals surface area contributed by atoms with Gasteiger partial charge in [-0.3, -0.25) is 4.57 Å². The molecule has 0 saturated carbocycles. The van der Waals surface area contributed by atoms with Crippen LogP contribution in [0.4, 0.5) is 5.82 Å². The van der Waals surface area contributed by atoms with Crippen molar-refractivity contribution in [2.45, 2.75) is 31.1 Å². The average molecular weight is 499 g/mol. The molecule has 16 heteroatoms. The maximum atomic E-state index is 10.2. The van der Waals surface area contributed by atoms with Gasteiger partial charge in [-0.2, -0.15) is 5.26 Å². The molecule has 182 valence electrons. The summed E-state index contributed by atoms with van der Waals surface area (Å²) in [5.41, 5.74) is 8.19. The zero-order valence-corrected chi connectivity index (χ0v) is 17.9. The fourth-order valence-electron chi connectivity index (χ4n) is 3.16. The van der Waals surface area contributed by atoms with E-state index in [0.29, 0.717) is 16.7 Å². The molecular weight excluding hydrogens is 480 g/mol. The molecule has 0 aliphatic carbocycles. The smallest absolute Gasteiger partial charge is 0.289 e. The van der Waals surface area contributed by atoms with Crippen LogP contribution in [-0.4, -0.2) is 54.8 Å². The van der Waals surface area contributed by atoms with Crippen molar-refractivity contribution in [3.8, 4) is 6.07 Å². The number of aromatic nitrogens is 4. The molecule has 1 fully saturated rings. The Balaban J connectivity index is 0.000000588. The van der Waals surface area contributed by atoms with Crippen molar-refractivity contribution in [2.24, 2.45) is 0 Å². The fraction of sp³-hybridized carbons (Fsp3) is 0.333. The van der Waals surface area contributed by atoms with Crippen LogP contribution in [0.15, 0.2) is 36.9 Å². The van der Waals surface area contributed by atoms with Gasteiger partial charge < -0.3 is 30.6 Å². The van der Waals surface area contributed by atoms with Crippen LogP contribution in [0.25, 0.3) is 11.2 Å². The molecule has 3 aromatic rings. The van der Waals surface area contributed by atoms with E-state index in [1.54, 1.807) is 24.3 Å². The standard InChI is InChI=1S/C18H18N6O5.ClHO4/c19-5-10-1-3-11(4-2-10)7-28-24-9-22-17-13(16(24)20)21-8-23(17)18-15(27)14(26)12(6-25)29-18;2-1(3,4)5/h1-4,8-9,12,14-15,18,20,25-27H,6-7H2;(H,2,3,4,5)/t12-,14-,15-,18-;/m1./s1. The van der Waals surface area contributed by atoms with Crippen LogP contribution in [0.3, 0.4) is 0 Å². The van der Waals surface area contributed by atoms with Gasteiger partial charge in [-0.1, -0.05) is 21.8 Å². The van der Waals surface area contributed by atoms with Gasteiger partial charge in [0.15, 0.2) is 12.8 Å². The van der Waals surface area contributed by atoms with Crippen molar-refractivity contribution in [1.29, 1.82) is 5.26 Å². The number of benzene rings is 1. The molecule has 1 saturated heterocycles. The Labute approximate surface area is 193 Å². The minimum atomic E-state index is -4.94. The molecule has 34 heavy (non-hydrogen) atoms. The highest BCUT2D eigenvalue weighted by molar-refractivity contribution is 5.79. The van der Waals surface area contributed by atoms with Crippen LogP contribution in [-0.2, 0) is 11.3 Å². The van der Waals surface area contributed by atoms with Gasteiger partial charge in [0.25, 0.3) is 12.1 Å². The summed E-state index contributed by atoms with van der Waals surface area (Å²) in [7, 11) is -4.94. The lowest BCUT2D eigenvalue weighted by molar-refractivity contribution is -2.00. The van der Waals surface area contributed by atoms with E-state index in [9.17, 15) is 15.3 Å². The number of rotatable bonds is 5. The lowest BCUT2D eigenvalue weighted by atomic mass is 10.1. The van der Waals surface area contributed by atoms with Gasteiger partial charge in [0.05, 0.1) is 18.2 Å². The van der Waals surface area contributed by atoms with E-state index >= 15 is 0 Å². The molecule has 1 aliphatic rings. The summed E-state index contributed by atoms with van der Waals surface area (Å²) in [6.45, 7) is -0.233. The van der Waals surface area contributed by atoms with E-state index in [-0.39, 0.29) is 12.4 Å². The third-order valence-electron chi connectivity index (χ3n) is 4.78. The number of aliphatic hydroxyl groups is 3. The Kier molecular flexibility index (Phi) is 7.78. The first-order valence-electron chi connectivity index (χ1n) is 9.42. The Bertz CT molecular complexity index is 1160. The van der Waals surface area contributed by atoms with E-state index in [1.807, 2.05) is 0 Å². The van der Waals surface area contributed by atoms with Gasteiger partial charge in [0, 0.05) is 0 Å². The molecular formula is C18H19ClN6O9. The summed E-state index contributed by atoms with van der Waals surface area (Å²) in [5, 5.41) is 38.3. The van der Waals surface area contributed by atoms with Crippen LogP contribution in [0.5, 0.6) is 0 Å². The Morgan fingerprint density at radius 1 is 1.18 bits per heavy atom. The van der Waals surface area contributed by atoms with E-state index < -0.39 is 41.4 Å². The molecule has 0 spiro atoms. The van der Waals surface area contributed by atoms with Crippen LogP contribution in [0, 0.1) is 21.6 Å². The molecule has 4 atom stereocenters. The molecule has 2 aromatic heterocycles. The number of anilines is 1. The van der Waals surface area contributed by atoms with E-state index in [1.165, 1.54) is 22.0 Å². The number of fused-ring (bicyclic) bond motifs is 1. The topological polar surface area (TPSA) is 256 Å². The van der Waals surface area contributed by atoms with Crippen molar-refractivity contribution in [3.63, 3.8) is 0 Å². The fourth-order valence-corrected chi connectivity index (χ4v) is 3.16. The lowest BCUT2D eigenvalue weighted by Gasteiger charge is -2.17. The highest BCUT2D eigenvalue weighted by Crippen LogP contribution is 2.31. The van der Waals surface area contributed by atoms with Crippen LogP contribution in [0.1, 0.15) is 17.4 Å². The predicted octanol–water partition coefficient (Wildman–Crippen LogP) is -6.34. The van der Waals surface area contributed by atoms with Gasteiger partial charge in [0.2, 0.25) is 11.2 Å². The van der Waals surface area contributed by atoms with E-state index in [0.717, 1.165) is 5.56 Å². The Hall–Kier alpha value is -3.17. The predicted molar refractivity (Wildman–Crippen MR) is 96.6 cm³/mol. The number of imidazole rings is 1. The van der Waals surface area contributed by atoms with Gasteiger partial charge in [0.1, 0.15) is 24.6 Å². The Morgan fingerprint density at radius 3 is 2.38 bits per heavy atom. The molecule has 4 rings (SSSR count). The zero-order chi connectivity index (χ0) is 25.0.